The van der Waals surface area contributed by atoms with Crippen LogP contribution in [0, 0.1) is 11.6 Å². The van der Waals surface area contributed by atoms with E-state index >= 15 is 0 Å². The van der Waals surface area contributed by atoms with Gasteiger partial charge in [0, 0.05) is 6.07 Å². The SMILES string of the molecule is Nc1nc2c(F)cc(F)cc2c2ncnn12. The monoisotopic (exact) mass is 221 g/mol. The predicted molar refractivity (Wildman–Crippen MR) is 52.6 cm³/mol. The summed E-state index contributed by atoms with van der Waals surface area (Å²) >= 11 is 0. The number of nitrogens with two attached hydrogens (primary N) is 1. The minimum absolute atomic E-state index is 0.00510. The third-order valence-corrected chi connectivity index (χ3v) is 2.26. The van der Waals surface area contributed by atoms with Crippen molar-refractivity contribution in [2.24, 2.45) is 0 Å². The molecule has 0 saturated carbocycles. The molecule has 5 nitrogen and oxygen atoms in total. The maximum atomic E-state index is 13.4. The van der Waals surface area contributed by atoms with E-state index in [9.17, 15) is 8.78 Å². The second kappa shape index (κ2) is 2.84. The fraction of sp³-hybridized carbons (Fsp3) is 0. The molecule has 0 radical (unpaired) electrons. The van der Waals surface area contributed by atoms with Gasteiger partial charge in [0.15, 0.2) is 11.5 Å². The van der Waals surface area contributed by atoms with Gasteiger partial charge < -0.3 is 5.73 Å². The smallest absolute Gasteiger partial charge is 0.223 e. The first-order valence-electron chi connectivity index (χ1n) is 4.41. The summed E-state index contributed by atoms with van der Waals surface area (Å²) in [6.45, 7) is 0. The Bertz CT molecular complexity index is 706. The van der Waals surface area contributed by atoms with Crippen LogP contribution in [0.25, 0.3) is 16.6 Å². The predicted octanol–water partition coefficient (Wildman–Crippen LogP) is 1.14. The number of benzene rings is 1. The molecule has 0 fully saturated rings. The fourth-order valence-electron chi connectivity index (χ4n) is 1.60. The molecule has 0 bridgehead atoms. The minimum atomic E-state index is -0.771. The highest BCUT2D eigenvalue weighted by Gasteiger charge is 2.12. The Kier molecular flexibility index (Phi) is 1.59. The topological polar surface area (TPSA) is 69.1 Å². The molecule has 0 aliphatic rings. The number of hydrogen-bond donors (Lipinski definition) is 1. The number of anilines is 1. The highest BCUT2D eigenvalue weighted by atomic mass is 19.1. The van der Waals surface area contributed by atoms with E-state index < -0.39 is 11.6 Å². The zero-order chi connectivity index (χ0) is 11.3. The van der Waals surface area contributed by atoms with E-state index in [1.165, 1.54) is 10.8 Å². The van der Waals surface area contributed by atoms with Crippen LogP contribution in [0.5, 0.6) is 0 Å². The molecule has 2 heterocycles. The van der Waals surface area contributed by atoms with Gasteiger partial charge >= 0.3 is 0 Å². The Morgan fingerprint density at radius 2 is 2.06 bits per heavy atom. The molecule has 0 spiro atoms. The van der Waals surface area contributed by atoms with Gasteiger partial charge in [0.25, 0.3) is 0 Å². The summed E-state index contributed by atoms with van der Waals surface area (Å²) < 4.78 is 27.7. The summed E-state index contributed by atoms with van der Waals surface area (Å²) in [5.74, 6) is -1.46. The number of aromatic nitrogens is 4. The Balaban J connectivity index is 2.64. The van der Waals surface area contributed by atoms with Crippen molar-refractivity contribution >= 4 is 22.5 Å². The van der Waals surface area contributed by atoms with Crippen LogP contribution in [-0.2, 0) is 0 Å². The summed E-state index contributed by atoms with van der Waals surface area (Å²) in [6, 6.07) is 1.90. The van der Waals surface area contributed by atoms with Gasteiger partial charge in [0.2, 0.25) is 5.95 Å². The average Bonchev–Trinajstić information content (AvgIpc) is 2.69. The van der Waals surface area contributed by atoms with E-state index in [1.807, 2.05) is 0 Å². The first kappa shape index (κ1) is 8.96. The van der Waals surface area contributed by atoms with Gasteiger partial charge in [-0.05, 0) is 6.07 Å². The molecule has 0 aliphatic carbocycles. The third kappa shape index (κ3) is 1.05. The molecule has 0 amide bonds. The van der Waals surface area contributed by atoms with Gasteiger partial charge in [0.1, 0.15) is 17.7 Å². The standard InChI is InChI=1S/C9H5F2N5/c10-4-1-5-7(6(11)2-4)15-9(12)16-8(5)13-3-14-16/h1-3H,(H2,12,15). The first-order chi connectivity index (χ1) is 7.66. The summed E-state index contributed by atoms with van der Waals surface area (Å²) in [5.41, 5.74) is 5.83. The van der Waals surface area contributed by atoms with E-state index in [-0.39, 0.29) is 22.5 Å². The molecular weight excluding hydrogens is 216 g/mol. The van der Waals surface area contributed by atoms with Gasteiger partial charge in [-0.25, -0.2) is 18.7 Å². The number of nitrogen functional groups attached to an aromatic ring is 1. The van der Waals surface area contributed by atoms with Crippen LogP contribution in [-0.4, -0.2) is 19.6 Å². The molecule has 1 aromatic carbocycles. The zero-order valence-corrected chi connectivity index (χ0v) is 7.85. The second-order valence-corrected chi connectivity index (χ2v) is 3.25. The van der Waals surface area contributed by atoms with Gasteiger partial charge in [-0.1, -0.05) is 0 Å². The Hall–Kier alpha value is -2.31. The van der Waals surface area contributed by atoms with Gasteiger partial charge in [-0.3, -0.25) is 0 Å². The molecular formula is C9H5F2N5. The summed E-state index contributed by atoms with van der Waals surface area (Å²) in [6.07, 6.45) is 1.25. The molecule has 2 N–H and O–H groups in total. The molecule has 2 aromatic heterocycles. The van der Waals surface area contributed by atoms with Gasteiger partial charge in [-0.15, -0.1) is 0 Å². The number of fused-ring (bicyclic) bond motifs is 3. The minimum Gasteiger partial charge on any atom is -0.368 e. The maximum absolute atomic E-state index is 13.4. The Morgan fingerprint density at radius 3 is 2.88 bits per heavy atom. The molecule has 3 rings (SSSR count). The average molecular weight is 221 g/mol. The van der Waals surface area contributed by atoms with Crippen LogP contribution in [0.15, 0.2) is 18.5 Å². The lowest BCUT2D eigenvalue weighted by atomic mass is 10.2. The lowest BCUT2D eigenvalue weighted by molar-refractivity contribution is 0.590. The Labute approximate surface area is 87.5 Å². The largest absolute Gasteiger partial charge is 0.368 e. The zero-order valence-electron chi connectivity index (χ0n) is 7.85. The van der Waals surface area contributed by atoms with Crippen LogP contribution in [0.2, 0.25) is 0 Å². The third-order valence-electron chi connectivity index (χ3n) is 2.26. The van der Waals surface area contributed by atoms with Crippen molar-refractivity contribution in [3.8, 4) is 0 Å². The van der Waals surface area contributed by atoms with Crippen molar-refractivity contribution < 1.29 is 8.78 Å². The number of hydrogen-bond acceptors (Lipinski definition) is 4. The molecule has 0 atom stereocenters. The second-order valence-electron chi connectivity index (χ2n) is 3.25. The normalized spacial score (nSPS) is 11.4. The van der Waals surface area contributed by atoms with Gasteiger partial charge in [-0.2, -0.15) is 9.61 Å². The number of rotatable bonds is 0. The summed E-state index contributed by atoms with van der Waals surface area (Å²) in [4.78, 5) is 7.70. The van der Waals surface area contributed by atoms with Crippen LogP contribution in [0.4, 0.5) is 14.7 Å². The van der Waals surface area contributed by atoms with Crippen LogP contribution < -0.4 is 5.73 Å². The van der Waals surface area contributed by atoms with Crippen molar-refractivity contribution in [1.29, 1.82) is 0 Å². The van der Waals surface area contributed by atoms with Crippen LogP contribution >= 0.6 is 0 Å². The molecule has 0 unspecified atom stereocenters. The van der Waals surface area contributed by atoms with Crippen molar-refractivity contribution in [1.82, 2.24) is 19.6 Å². The molecule has 16 heavy (non-hydrogen) atoms. The highest BCUT2D eigenvalue weighted by molar-refractivity contribution is 5.92. The van der Waals surface area contributed by atoms with E-state index in [1.54, 1.807) is 0 Å². The van der Waals surface area contributed by atoms with Crippen LogP contribution in [0.3, 0.4) is 0 Å². The Morgan fingerprint density at radius 1 is 1.25 bits per heavy atom. The number of nitrogens with zero attached hydrogens (tertiary/aromatic N) is 4. The van der Waals surface area contributed by atoms with Crippen molar-refractivity contribution in [3.63, 3.8) is 0 Å². The molecule has 80 valence electrons. The maximum Gasteiger partial charge on any atom is 0.223 e. The quantitative estimate of drug-likeness (QED) is 0.618. The molecule has 7 heteroatoms. The number of halogens is 2. The first-order valence-corrected chi connectivity index (χ1v) is 4.41. The highest BCUT2D eigenvalue weighted by Crippen LogP contribution is 2.22. The van der Waals surface area contributed by atoms with Crippen molar-refractivity contribution in [3.05, 3.63) is 30.1 Å². The van der Waals surface area contributed by atoms with Crippen molar-refractivity contribution in [2.75, 3.05) is 5.73 Å². The summed E-state index contributed by atoms with van der Waals surface area (Å²) in [5, 5.41) is 4.04. The van der Waals surface area contributed by atoms with E-state index in [0.29, 0.717) is 0 Å². The molecule has 0 saturated heterocycles. The van der Waals surface area contributed by atoms with E-state index in [4.69, 9.17) is 5.73 Å². The lowest BCUT2D eigenvalue weighted by Gasteiger charge is -2.03. The molecule has 3 aromatic rings. The lowest BCUT2D eigenvalue weighted by Crippen LogP contribution is -2.03. The van der Waals surface area contributed by atoms with Crippen molar-refractivity contribution in [2.45, 2.75) is 0 Å². The molecule has 0 aliphatic heterocycles. The van der Waals surface area contributed by atoms with Gasteiger partial charge in [0.05, 0.1) is 5.39 Å². The summed E-state index contributed by atoms with van der Waals surface area (Å²) in [7, 11) is 0. The van der Waals surface area contributed by atoms with E-state index in [0.717, 1.165) is 12.1 Å². The van der Waals surface area contributed by atoms with Crippen LogP contribution in [0.1, 0.15) is 0 Å². The fourth-order valence-corrected chi connectivity index (χ4v) is 1.60. The van der Waals surface area contributed by atoms with E-state index in [2.05, 4.69) is 15.1 Å².